The van der Waals surface area contributed by atoms with Crippen molar-refractivity contribution < 1.29 is 32.0 Å². The van der Waals surface area contributed by atoms with Gasteiger partial charge in [-0.15, -0.1) is 0 Å². The van der Waals surface area contributed by atoms with Crippen LogP contribution in [0.4, 0.5) is 10.1 Å². The van der Waals surface area contributed by atoms with E-state index in [1.165, 1.54) is 31.4 Å². The second kappa shape index (κ2) is 8.52. The van der Waals surface area contributed by atoms with Gasteiger partial charge in [0.1, 0.15) is 12.4 Å². The smallest absolute Gasteiger partial charge is 0.337 e. The van der Waals surface area contributed by atoms with Crippen LogP contribution in [0.15, 0.2) is 53.4 Å². The third kappa shape index (κ3) is 5.34. The predicted octanol–water partition coefficient (Wildman–Crippen LogP) is 1.46. The van der Waals surface area contributed by atoms with Gasteiger partial charge in [-0.05, 0) is 48.5 Å². The first-order chi connectivity index (χ1) is 12.3. The van der Waals surface area contributed by atoms with E-state index in [4.69, 9.17) is 0 Å². The number of esters is 1. The lowest BCUT2D eigenvalue weighted by Gasteiger charge is -2.08. The number of hydrogen-bond donors (Lipinski definition) is 2. The Bertz CT molecular complexity index is 882. The van der Waals surface area contributed by atoms with Crippen molar-refractivity contribution in [3.63, 3.8) is 0 Å². The van der Waals surface area contributed by atoms with Crippen LogP contribution in [-0.4, -0.2) is 34.0 Å². The fourth-order valence-electron chi connectivity index (χ4n) is 1.84. The van der Waals surface area contributed by atoms with Crippen LogP contribution in [0.1, 0.15) is 10.4 Å². The number of ether oxygens (including phenoxy) is 1. The Hall–Kier alpha value is -2.82. The molecule has 0 atom stereocenters. The van der Waals surface area contributed by atoms with Crippen molar-refractivity contribution in [3.05, 3.63) is 59.9 Å². The molecule has 0 saturated carbocycles. The number of rotatable bonds is 7. The molecule has 0 aromatic heterocycles. The summed E-state index contributed by atoms with van der Waals surface area (Å²) in [6.07, 6.45) is 0. The van der Waals surface area contributed by atoms with Crippen LogP contribution < -0.4 is 10.2 Å². The van der Waals surface area contributed by atoms with Crippen molar-refractivity contribution in [2.24, 2.45) is 0 Å². The molecule has 8 nitrogen and oxygen atoms in total. The molecule has 0 aliphatic carbocycles. The Morgan fingerprint density at radius 3 is 2.23 bits per heavy atom. The molecule has 0 fully saturated rings. The molecule has 26 heavy (non-hydrogen) atoms. The maximum absolute atomic E-state index is 12.8. The van der Waals surface area contributed by atoms with Crippen LogP contribution >= 0.6 is 0 Å². The zero-order valence-electron chi connectivity index (χ0n) is 13.6. The zero-order valence-corrected chi connectivity index (χ0v) is 14.4. The molecular formula is C16H15FN2O6S. The fourth-order valence-corrected chi connectivity index (χ4v) is 2.64. The highest BCUT2D eigenvalue weighted by molar-refractivity contribution is 7.89. The third-order valence-corrected chi connectivity index (χ3v) is 4.32. The molecule has 0 spiro atoms. The van der Waals surface area contributed by atoms with Crippen molar-refractivity contribution in [1.82, 2.24) is 4.89 Å². The van der Waals surface area contributed by atoms with Crippen LogP contribution in [0.3, 0.4) is 0 Å². The van der Waals surface area contributed by atoms with Crippen molar-refractivity contribution in [2.45, 2.75) is 4.90 Å². The number of amides is 1. The minimum atomic E-state index is -4.03. The molecule has 0 heterocycles. The standard InChI is InChI=1S/C16H15FN2O6S/c1-24-16(21)11-2-6-13(7-3-11)18-15(20)10-25-19-26(22,23)14-8-4-12(17)5-9-14/h2-9,19H,10H2,1H3,(H,18,20). The van der Waals surface area contributed by atoms with Gasteiger partial charge in [0.2, 0.25) is 0 Å². The van der Waals surface area contributed by atoms with Gasteiger partial charge in [-0.25, -0.2) is 17.6 Å². The van der Waals surface area contributed by atoms with E-state index in [2.05, 4.69) is 14.9 Å². The quantitative estimate of drug-likeness (QED) is 0.554. The van der Waals surface area contributed by atoms with E-state index in [0.29, 0.717) is 11.3 Å². The third-order valence-electron chi connectivity index (χ3n) is 3.09. The Balaban J connectivity index is 1.85. The molecule has 0 aliphatic rings. The molecule has 0 bridgehead atoms. The molecule has 0 radical (unpaired) electrons. The first-order valence-corrected chi connectivity index (χ1v) is 8.67. The highest BCUT2D eigenvalue weighted by Gasteiger charge is 2.15. The van der Waals surface area contributed by atoms with E-state index in [1.54, 1.807) is 4.89 Å². The van der Waals surface area contributed by atoms with Gasteiger partial charge in [-0.1, -0.05) is 4.89 Å². The molecule has 2 N–H and O–H groups in total. The fraction of sp³-hybridized carbons (Fsp3) is 0.125. The predicted molar refractivity (Wildman–Crippen MR) is 89.1 cm³/mol. The van der Waals surface area contributed by atoms with Gasteiger partial charge < -0.3 is 10.1 Å². The highest BCUT2D eigenvalue weighted by Crippen LogP contribution is 2.11. The van der Waals surface area contributed by atoms with E-state index in [0.717, 1.165) is 24.3 Å². The van der Waals surface area contributed by atoms with Crippen LogP contribution in [-0.2, 0) is 24.4 Å². The van der Waals surface area contributed by atoms with E-state index in [1.807, 2.05) is 0 Å². The maximum Gasteiger partial charge on any atom is 0.337 e. The van der Waals surface area contributed by atoms with Gasteiger partial charge in [-0.2, -0.15) is 0 Å². The zero-order chi connectivity index (χ0) is 19.2. The van der Waals surface area contributed by atoms with Crippen LogP contribution in [0.25, 0.3) is 0 Å². The van der Waals surface area contributed by atoms with Gasteiger partial charge >= 0.3 is 5.97 Å². The number of anilines is 1. The first-order valence-electron chi connectivity index (χ1n) is 7.19. The van der Waals surface area contributed by atoms with Gasteiger partial charge in [0.15, 0.2) is 0 Å². The minimum absolute atomic E-state index is 0.210. The second-order valence-corrected chi connectivity index (χ2v) is 6.59. The van der Waals surface area contributed by atoms with Gasteiger partial charge in [0, 0.05) is 5.69 Å². The number of sulfonamides is 1. The molecular weight excluding hydrogens is 367 g/mol. The summed E-state index contributed by atoms with van der Waals surface area (Å²) in [6.45, 7) is -0.598. The summed E-state index contributed by atoms with van der Waals surface area (Å²) < 4.78 is 41.1. The van der Waals surface area contributed by atoms with Gasteiger partial charge in [0.25, 0.3) is 15.9 Å². The number of methoxy groups -OCH3 is 1. The van der Waals surface area contributed by atoms with Crippen molar-refractivity contribution in [1.29, 1.82) is 0 Å². The van der Waals surface area contributed by atoms with Crippen LogP contribution in [0.5, 0.6) is 0 Å². The largest absolute Gasteiger partial charge is 0.465 e. The summed E-state index contributed by atoms with van der Waals surface area (Å²) >= 11 is 0. The topological polar surface area (TPSA) is 111 Å². The van der Waals surface area contributed by atoms with Gasteiger partial charge in [-0.3, -0.25) is 9.63 Å². The molecule has 0 unspecified atom stereocenters. The Labute approximate surface area is 148 Å². The monoisotopic (exact) mass is 382 g/mol. The molecule has 138 valence electrons. The average molecular weight is 382 g/mol. The van der Waals surface area contributed by atoms with Crippen LogP contribution in [0.2, 0.25) is 0 Å². The molecule has 2 aromatic rings. The Morgan fingerprint density at radius 1 is 1.04 bits per heavy atom. The Kier molecular flexibility index (Phi) is 6.39. The molecule has 2 aromatic carbocycles. The lowest BCUT2D eigenvalue weighted by atomic mass is 10.2. The van der Waals surface area contributed by atoms with E-state index >= 15 is 0 Å². The van der Waals surface area contributed by atoms with Crippen molar-refractivity contribution in [3.8, 4) is 0 Å². The summed E-state index contributed by atoms with van der Waals surface area (Å²) in [5.41, 5.74) is 0.696. The molecule has 0 aliphatic heterocycles. The number of nitrogens with one attached hydrogen (secondary N) is 2. The van der Waals surface area contributed by atoms with E-state index < -0.39 is 34.3 Å². The summed E-state index contributed by atoms with van der Waals surface area (Å²) in [5, 5.41) is 2.46. The van der Waals surface area contributed by atoms with E-state index in [-0.39, 0.29) is 4.90 Å². The summed E-state index contributed by atoms with van der Waals surface area (Å²) in [7, 11) is -2.78. The van der Waals surface area contributed by atoms with Gasteiger partial charge in [0.05, 0.1) is 17.6 Å². The summed E-state index contributed by atoms with van der Waals surface area (Å²) in [6, 6.07) is 9.96. The highest BCUT2D eigenvalue weighted by atomic mass is 32.2. The SMILES string of the molecule is COC(=O)c1ccc(NC(=O)CONS(=O)(=O)c2ccc(F)cc2)cc1. The minimum Gasteiger partial charge on any atom is -0.465 e. The molecule has 1 amide bonds. The number of benzene rings is 2. The number of carbonyl (C=O) groups excluding carboxylic acids is 2. The Morgan fingerprint density at radius 2 is 1.65 bits per heavy atom. The molecule has 0 saturated heterocycles. The van der Waals surface area contributed by atoms with Crippen molar-refractivity contribution >= 4 is 27.6 Å². The van der Waals surface area contributed by atoms with Crippen LogP contribution in [0, 0.1) is 5.82 Å². The summed E-state index contributed by atoms with van der Waals surface area (Å²) in [4.78, 5) is 29.3. The van der Waals surface area contributed by atoms with Crippen molar-refractivity contribution in [2.75, 3.05) is 19.0 Å². The molecule has 10 heteroatoms. The number of hydrogen-bond acceptors (Lipinski definition) is 6. The lowest BCUT2D eigenvalue weighted by molar-refractivity contribution is -0.121. The summed E-state index contributed by atoms with van der Waals surface area (Å²) in [5.74, 6) is -1.72. The number of halogens is 1. The first kappa shape index (κ1) is 19.5. The normalized spacial score (nSPS) is 11.0. The van der Waals surface area contributed by atoms with E-state index in [9.17, 15) is 22.4 Å². The second-order valence-electron chi connectivity index (χ2n) is 4.95. The molecule has 2 rings (SSSR count). The lowest BCUT2D eigenvalue weighted by Crippen LogP contribution is -2.29. The number of carbonyl (C=O) groups is 2. The average Bonchev–Trinajstić information content (AvgIpc) is 2.62. The maximum atomic E-state index is 12.8.